The number of hydrogen-bond acceptors (Lipinski definition) is 18. The van der Waals surface area contributed by atoms with Gasteiger partial charge in [-0.2, -0.15) is 0 Å². The van der Waals surface area contributed by atoms with Crippen molar-refractivity contribution in [2.45, 2.75) is 208 Å². The topological polar surface area (TPSA) is 343 Å². The van der Waals surface area contributed by atoms with E-state index in [1.807, 2.05) is 57.2 Å². The van der Waals surface area contributed by atoms with E-state index in [-0.39, 0.29) is 60.5 Å². The van der Waals surface area contributed by atoms with Gasteiger partial charge in [0.25, 0.3) is 11.6 Å². The van der Waals surface area contributed by atoms with Gasteiger partial charge in [-0.05, 0) is 88.2 Å². The third-order valence-corrected chi connectivity index (χ3v) is 19.8. The van der Waals surface area contributed by atoms with Crippen LogP contribution in [0.5, 0.6) is 0 Å². The summed E-state index contributed by atoms with van der Waals surface area (Å²) in [4.78, 5) is 176. The second kappa shape index (κ2) is 37.8. The van der Waals surface area contributed by atoms with Crippen LogP contribution in [0.4, 0.5) is 5.69 Å². The number of nitrogens with zero attached hydrogens (tertiary/aromatic N) is 6. The van der Waals surface area contributed by atoms with Gasteiger partial charge in [-0.3, -0.25) is 48.5 Å². The van der Waals surface area contributed by atoms with Crippen molar-refractivity contribution < 1.29 is 77.0 Å². The molecule has 0 bridgehead atoms. The van der Waals surface area contributed by atoms with Crippen molar-refractivity contribution in [3.05, 3.63) is 134 Å². The van der Waals surface area contributed by atoms with Gasteiger partial charge in [-0.15, -0.1) is 0 Å². The van der Waals surface area contributed by atoms with Crippen molar-refractivity contribution in [3.8, 4) is 0 Å². The van der Waals surface area contributed by atoms with Crippen molar-refractivity contribution in [2.75, 3.05) is 49.0 Å². The minimum Gasteiger partial charge on any atom is -0.466 e. The molecule has 3 aliphatic heterocycles. The summed E-state index contributed by atoms with van der Waals surface area (Å²) in [5.41, 5.74) is 0.640. The normalized spacial score (nSPS) is 23.7. The highest BCUT2D eigenvalue weighted by atomic mass is 16.6. The van der Waals surface area contributed by atoms with E-state index in [4.69, 9.17) is 14.2 Å². The molecule has 5 N–H and O–H groups in total. The quantitative estimate of drug-likeness (QED) is 0.0414. The molecule has 2 fully saturated rings. The molecule has 3 aliphatic rings. The van der Waals surface area contributed by atoms with Gasteiger partial charge in [0.2, 0.25) is 41.4 Å². The molecule has 27 nitrogen and oxygen atoms in total. The Bertz CT molecular complexity index is 3610. The molecule has 6 rings (SSSR count). The van der Waals surface area contributed by atoms with E-state index in [2.05, 4.69) is 21.3 Å². The second-order valence-electron chi connectivity index (χ2n) is 29.1. The molecule has 8 amide bonds. The maximum Gasteiger partial charge on any atom is 0.336 e. The third-order valence-electron chi connectivity index (χ3n) is 19.8. The molecule has 0 radical (unpaired) electrons. The zero-order valence-corrected chi connectivity index (χ0v) is 64.1. The number of nitro groups is 1. The molecular weight excluding hydrogens is 1340 g/mol. The molecule has 104 heavy (non-hydrogen) atoms. The maximum absolute atomic E-state index is 15.3. The number of hydrogen-bond donors (Lipinski definition) is 5. The Balaban J connectivity index is 0.000000650. The minimum absolute atomic E-state index is 0.00676. The first kappa shape index (κ1) is 85.1. The fourth-order valence-electron chi connectivity index (χ4n) is 13.9. The van der Waals surface area contributed by atoms with Crippen LogP contribution in [-0.2, 0) is 79.8 Å². The van der Waals surface area contributed by atoms with E-state index >= 15 is 9.59 Å². The number of fused-ring (bicyclic) bond motifs is 1. The molecule has 0 unspecified atom stereocenters. The molecule has 0 aliphatic carbocycles. The van der Waals surface area contributed by atoms with E-state index < -0.39 is 160 Å². The van der Waals surface area contributed by atoms with Gasteiger partial charge in [-0.1, -0.05) is 155 Å². The van der Waals surface area contributed by atoms with Crippen LogP contribution in [0.2, 0.25) is 0 Å². The Morgan fingerprint density at radius 1 is 0.615 bits per heavy atom. The highest BCUT2D eigenvalue weighted by Crippen LogP contribution is 2.43. The van der Waals surface area contributed by atoms with Gasteiger partial charge in [0.1, 0.15) is 42.3 Å². The van der Waals surface area contributed by atoms with Crippen LogP contribution in [0.1, 0.15) is 152 Å². The maximum atomic E-state index is 15.3. The molecule has 11 atom stereocenters. The van der Waals surface area contributed by atoms with Crippen LogP contribution in [0.25, 0.3) is 0 Å². The molecule has 0 spiro atoms. The van der Waals surface area contributed by atoms with Crippen LogP contribution in [0.3, 0.4) is 0 Å². The number of aliphatic hydroxyl groups is 1. The van der Waals surface area contributed by atoms with Crippen LogP contribution in [-0.4, -0.2) is 209 Å². The van der Waals surface area contributed by atoms with E-state index in [1.165, 1.54) is 94.1 Å². The number of esters is 3. The predicted octanol–water partition coefficient (Wildman–Crippen LogP) is 6.55. The predicted molar refractivity (Wildman–Crippen MR) is 390 cm³/mol. The van der Waals surface area contributed by atoms with Gasteiger partial charge >= 0.3 is 17.9 Å². The van der Waals surface area contributed by atoms with E-state index in [0.717, 1.165) is 10.5 Å². The SMILES string of the molecule is CC[C@@H](C)[C@H]1OC(=O)[C@@H](C(C)(C)O)N(C)C(=O)[C@H](CC(C)C)NC(=O)[C@H](C(C)C)N(C)C(=O)[C@H]([C@@H](C)CC)NC(=O)[C@@H]2CCCN2C(=O)[C@H](Cc2ccccc2)N(C)C(=O)[C@H](Cc2ccccc2)NC(=O)[C@H](C(C)C)N(C)C1=O.COC(=O)C1=C(C)NC(C)=C(C(=O)OC)C1c1ccccc1[N+](=O)[O-]. The zero-order valence-electron chi connectivity index (χ0n) is 64.1. The highest BCUT2D eigenvalue weighted by molar-refractivity contribution is 6.01. The number of rotatable bonds is 17. The smallest absolute Gasteiger partial charge is 0.336 e. The standard InChI is InChI=1S/C60H92N8O11.C17H18N2O6/c1-17-38(9)46-57(75)65(14)47(36(5)6)52(70)61-42(32-35(3)4)55(73)67(16)50(60(11,12)78)59(77)79-49(39(10)18-2)58(76)66(15)48(37(7)8)53(71)62-43(33-40-26-21-19-22-27-40)54(72)64(13)45(34-41-28-23-20-24-29-41)56(74)68-31-25-30-44(68)51(69)63-46;1-9-13(16(20)24-3)15(14(10(2)18-9)17(21)25-4)11-7-5-6-8-12(11)19(22)23/h19-24,26-29,35-39,42-50,78H,17-18,25,30-34H2,1-16H3,(H,61,70)(H,62,71)(H,63,69);5-8,15,18H,1-4H3/t38-,39+,42-,43-,44-,45-,46-,47-,48-,49+,50-;/m0./s1. The Labute approximate surface area is 611 Å². The van der Waals surface area contributed by atoms with Gasteiger partial charge in [-0.25, -0.2) is 14.4 Å². The summed E-state index contributed by atoms with van der Waals surface area (Å²) in [6.45, 7) is 23.9. The summed E-state index contributed by atoms with van der Waals surface area (Å²) >= 11 is 0. The fraction of sp³-hybridized carbons (Fsp3) is 0.571. The summed E-state index contributed by atoms with van der Waals surface area (Å²) in [5, 5.41) is 34.9. The van der Waals surface area contributed by atoms with Crippen molar-refractivity contribution in [2.24, 2.45) is 29.6 Å². The van der Waals surface area contributed by atoms with Crippen LogP contribution in [0, 0.1) is 39.7 Å². The largest absolute Gasteiger partial charge is 0.466 e. The number of carbonyl (C=O) groups is 11. The van der Waals surface area contributed by atoms with Gasteiger partial charge < -0.3 is 65.1 Å². The first-order chi connectivity index (χ1) is 48.8. The molecule has 3 aromatic carbocycles. The summed E-state index contributed by atoms with van der Waals surface area (Å²) in [6, 6.07) is 14.1. The molecule has 0 saturated carbocycles. The number of methoxy groups -OCH3 is 2. The Hall–Kier alpha value is -9.53. The number of dihydropyridines is 1. The summed E-state index contributed by atoms with van der Waals surface area (Å²) in [7, 11) is 8.09. The van der Waals surface area contributed by atoms with Gasteiger partial charge in [0, 0.05) is 76.5 Å². The van der Waals surface area contributed by atoms with E-state index in [9.17, 15) is 58.4 Å². The molecule has 3 heterocycles. The second-order valence-corrected chi connectivity index (χ2v) is 29.1. The number of ether oxygens (including phenoxy) is 3. The van der Waals surface area contributed by atoms with E-state index in [0.29, 0.717) is 36.2 Å². The van der Waals surface area contributed by atoms with Crippen molar-refractivity contribution >= 4 is 70.9 Å². The molecule has 0 aromatic heterocycles. The number of allylic oxidation sites excluding steroid dienone is 2. The third kappa shape index (κ3) is 20.7. The van der Waals surface area contributed by atoms with Crippen LogP contribution < -0.4 is 21.3 Å². The number of likely N-dealkylation sites (N-methyl/N-ethyl adjacent to an activating group) is 4. The molecule has 2 saturated heterocycles. The summed E-state index contributed by atoms with van der Waals surface area (Å²) < 4.78 is 15.7. The monoisotopic (exact) mass is 1450 g/mol. The Morgan fingerprint density at radius 3 is 1.56 bits per heavy atom. The average Bonchev–Trinajstić information content (AvgIpc) is 0.861. The van der Waals surface area contributed by atoms with E-state index in [1.54, 1.807) is 92.6 Å². The number of para-hydroxylation sites is 1. The Kier molecular flexibility index (Phi) is 30.9. The lowest BCUT2D eigenvalue weighted by atomic mass is 9.79. The lowest BCUT2D eigenvalue weighted by Gasteiger charge is -2.39. The summed E-state index contributed by atoms with van der Waals surface area (Å²) in [5.74, 6) is -11.0. The van der Waals surface area contributed by atoms with Crippen LogP contribution in [0.15, 0.2) is 107 Å². The summed E-state index contributed by atoms with van der Waals surface area (Å²) in [6.07, 6.45) is 0.101. The number of cyclic esters (lactones) is 1. The number of carbonyl (C=O) groups excluding carboxylic acids is 11. The lowest BCUT2D eigenvalue weighted by Crippen LogP contribution is -2.63. The molecule has 570 valence electrons. The van der Waals surface area contributed by atoms with Crippen molar-refractivity contribution in [1.82, 2.24) is 45.8 Å². The number of nitro benzene ring substituents is 1. The van der Waals surface area contributed by atoms with Gasteiger partial charge in [0.05, 0.1) is 41.8 Å². The molecule has 3 aromatic rings. The zero-order chi connectivity index (χ0) is 78.1. The highest BCUT2D eigenvalue weighted by Gasteiger charge is 2.49. The Morgan fingerprint density at radius 2 is 1.09 bits per heavy atom. The lowest BCUT2D eigenvalue weighted by molar-refractivity contribution is -0.385. The average molecular weight is 1450 g/mol. The van der Waals surface area contributed by atoms with Crippen LogP contribution >= 0.6 is 0 Å². The molecular formula is C77H110N10O17. The van der Waals surface area contributed by atoms with Crippen molar-refractivity contribution in [1.29, 1.82) is 0 Å². The molecule has 27 heteroatoms. The minimum atomic E-state index is -1.97. The fourth-order valence-corrected chi connectivity index (χ4v) is 13.9. The number of amides is 8. The number of nitrogens with one attached hydrogen (secondary N) is 4. The van der Waals surface area contributed by atoms with Gasteiger partial charge in [0.15, 0.2) is 12.1 Å². The number of benzene rings is 3. The first-order valence-electron chi connectivity index (χ1n) is 35.7. The first-order valence-corrected chi connectivity index (χ1v) is 35.7. The van der Waals surface area contributed by atoms with Crippen molar-refractivity contribution in [3.63, 3.8) is 0 Å².